The molecule has 2 nitrogen and oxygen atoms in total. The molecule has 74 valence electrons. The highest BCUT2D eigenvalue weighted by Crippen LogP contribution is 2.22. The topological polar surface area (TPSA) is 38.9 Å². The Morgan fingerprint density at radius 3 is 2.69 bits per heavy atom. The van der Waals surface area contributed by atoms with E-state index in [0.29, 0.717) is 12.0 Å². The molecule has 13 heavy (non-hydrogen) atoms. The average molecular weight is 198 g/mol. The van der Waals surface area contributed by atoms with E-state index in [1.54, 1.807) is 11.3 Å². The third-order valence-corrected chi connectivity index (χ3v) is 2.58. The van der Waals surface area contributed by atoms with Gasteiger partial charge in [0.25, 0.3) is 0 Å². The minimum absolute atomic E-state index is 0.331. The average Bonchev–Trinajstić information content (AvgIpc) is 2.33. The molecule has 1 aromatic rings. The highest BCUT2D eigenvalue weighted by molar-refractivity contribution is 7.09. The zero-order valence-corrected chi connectivity index (χ0v) is 9.45. The Bertz CT molecular complexity index is 260. The van der Waals surface area contributed by atoms with Crippen LogP contribution >= 0.6 is 11.3 Å². The molecular formula is C10H18N2S. The summed E-state index contributed by atoms with van der Waals surface area (Å²) in [6.45, 7) is 7.39. The van der Waals surface area contributed by atoms with Crippen LogP contribution in [0.15, 0.2) is 5.38 Å². The van der Waals surface area contributed by atoms with Crippen LogP contribution in [0.2, 0.25) is 0 Å². The maximum atomic E-state index is 5.46. The number of rotatable bonds is 3. The summed E-state index contributed by atoms with van der Waals surface area (Å²) in [7, 11) is 0. The van der Waals surface area contributed by atoms with Crippen molar-refractivity contribution in [2.45, 2.75) is 33.6 Å². The van der Waals surface area contributed by atoms with Crippen molar-refractivity contribution in [3.63, 3.8) is 0 Å². The lowest BCUT2D eigenvalue weighted by molar-refractivity contribution is 0.410. The van der Waals surface area contributed by atoms with Crippen molar-refractivity contribution in [1.82, 2.24) is 4.98 Å². The summed E-state index contributed by atoms with van der Waals surface area (Å²) in [6, 6.07) is 0. The molecule has 0 bridgehead atoms. The third-order valence-electron chi connectivity index (χ3n) is 1.68. The van der Waals surface area contributed by atoms with Crippen molar-refractivity contribution in [3.8, 4) is 0 Å². The largest absolute Gasteiger partial charge is 0.330 e. The minimum atomic E-state index is 0.331. The van der Waals surface area contributed by atoms with Crippen molar-refractivity contribution in [2.75, 3.05) is 6.54 Å². The summed E-state index contributed by atoms with van der Waals surface area (Å²) < 4.78 is 0. The van der Waals surface area contributed by atoms with Gasteiger partial charge in [0.15, 0.2) is 0 Å². The Kier molecular flexibility index (Phi) is 3.45. The van der Waals surface area contributed by atoms with E-state index >= 15 is 0 Å². The van der Waals surface area contributed by atoms with E-state index in [4.69, 9.17) is 5.73 Å². The monoisotopic (exact) mass is 198 g/mol. The van der Waals surface area contributed by atoms with E-state index in [0.717, 1.165) is 18.5 Å². The molecular weight excluding hydrogens is 180 g/mol. The second-order valence-corrected chi connectivity index (χ2v) is 5.45. The van der Waals surface area contributed by atoms with Gasteiger partial charge in [-0.15, -0.1) is 11.3 Å². The predicted octanol–water partition coefficient (Wildman–Crippen LogP) is 2.23. The van der Waals surface area contributed by atoms with E-state index in [9.17, 15) is 0 Å². The molecule has 0 amide bonds. The first-order valence-electron chi connectivity index (χ1n) is 4.64. The lowest BCUT2D eigenvalue weighted by atomic mass is 9.93. The predicted molar refractivity (Wildman–Crippen MR) is 58.0 cm³/mol. The molecule has 0 aliphatic carbocycles. The van der Waals surface area contributed by atoms with Gasteiger partial charge in [-0.3, -0.25) is 0 Å². The number of nitrogens with zero attached hydrogens (tertiary/aromatic N) is 1. The quantitative estimate of drug-likeness (QED) is 0.809. The van der Waals surface area contributed by atoms with Crippen LogP contribution in [0.1, 0.15) is 31.5 Å². The fourth-order valence-corrected chi connectivity index (χ4v) is 2.28. The Hall–Kier alpha value is -0.410. The minimum Gasteiger partial charge on any atom is -0.330 e. The van der Waals surface area contributed by atoms with Crippen molar-refractivity contribution < 1.29 is 0 Å². The van der Waals surface area contributed by atoms with Crippen molar-refractivity contribution in [1.29, 1.82) is 0 Å². The number of thiazole rings is 1. The van der Waals surface area contributed by atoms with Gasteiger partial charge in [-0.25, -0.2) is 4.98 Å². The van der Waals surface area contributed by atoms with Gasteiger partial charge in [-0.1, -0.05) is 20.8 Å². The zero-order chi connectivity index (χ0) is 9.90. The molecule has 0 aromatic carbocycles. The molecule has 0 saturated heterocycles. The molecule has 1 aromatic heterocycles. The molecule has 0 radical (unpaired) electrons. The van der Waals surface area contributed by atoms with Crippen LogP contribution < -0.4 is 5.73 Å². The van der Waals surface area contributed by atoms with Crippen LogP contribution in [0.5, 0.6) is 0 Å². The summed E-state index contributed by atoms with van der Waals surface area (Å²) in [5.74, 6) is 0. The van der Waals surface area contributed by atoms with Crippen LogP contribution in [-0.2, 0) is 12.8 Å². The van der Waals surface area contributed by atoms with Gasteiger partial charge in [0.2, 0.25) is 0 Å². The summed E-state index contributed by atoms with van der Waals surface area (Å²) in [6.07, 6.45) is 1.96. The van der Waals surface area contributed by atoms with Gasteiger partial charge in [-0.05, 0) is 12.0 Å². The Labute approximate surface area is 84.2 Å². The van der Waals surface area contributed by atoms with E-state index in [1.807, 2.05) is 0 Å². The molecule has 0 spiro atoms. The smallest absolute Gasteiger partial charge is 0.0933 e. The molecule has 0 aliphatic rings. The van der Waals surface area contributed by atoms with Crippen LogP contribution in [0.3, 0.4) is 0 Å². The molecule has 0 saturated carbocycles. The zero-order valence-electron chi connectivity index (χ0n) is 8.63. The van der Waals surface area contributed by atoms with Gasteiger partial charge < -0.3 is 5.73 Å². The highest BCUT2D eigenvalue weighted by Gasteiger charge is 2.13. The molecule has 0 aliphatic heterocycles. The van der Waals surface area contributed by atoms with Gasteiger partial charge in [0.1, 0.15) is 0 Å². The summed E-state index contributed by atoms with van der Waals surface area (Å²) in [4.78, 5) is 4.52. The van der Waals surface area contributed by atoms with Gasteiger partial charge in [-0.2, -0.15) is 0 Å². The van der Waals surface area contributed by atoms with Gasteiger partial charge in [0.05, 0.1) is 10.7 Å². The van der Waals surface area contributed by atoms with Gasteiger partial charge in [0, 0.05) is 18.2 Å². The molecule has 1 heterocycles. The summed E-state index contributed by atoms with van der Waals surface area (Å²) in [5, 5.41) is 3.35. The molecule has 0 atom stereocenters. The fraction of sp³-hybridized carbons (Fsp3) is 0.700. The van der Waals surface area contributed by atoms with E-state index in [2.05, 4.69) is 31.1 Å². The number of hydrogen-bond donors (Lipinski definition) is 1. The summed E-state index contributed by atoms with van der Waals surface area (Å²) in [5.41, 5.74) is 6.94. The number of aromatic nitrogens is 1. The van der Waals surface area contributed by atoms with Crippen LogP contribution in [0.4, 0.5) is 0 Å². The van der Waals surface area contributed by atoms with Crippen molar-refractivity contribution in [2.24, 2.45) is 11.1 Å². The van der Waals surface area contributed by atoms with Crippen molar-refractivity contribution >= 4 is 11.3 Å². The number of nitrogens with two attached hydrogens (primary N) is 1. The highest BCUT2D eigenvalue weighted by atomic mass is 32.1. The van der Waals surface area contributed by atoms with Crippen LogP contribution in [-0.4, -0.2) is 11.5 Å². The maximum absolute atomic E-state index is 5.46. The van der Waals surface area contributed by atoms with Crippen molar-refractivity contribution in [3.05, 3.63) is 16.1 Å². The van der Waals surface area contributed by atoms with Crippen LogP contribution in [0.25, 0.3) is 0 Å². The first kappa shape index (κ1) is 10.7. The fourth-order valence-electron chi connectivity index (χ4n) is 1.15. The second kappa shape index (κ2) is 4.20. The van der Waals surface area contributed by atoms with Crippen LogP contribution in [0, 0.1) is 5.41 Å². The Balaban J connectivity index is 2.59. The molecule has 1 rings (SSSR count). The molecule has 3 heteroatoms. The van der Waals surface area contributed by atoms with E-state index in [1.165, 1.54) is 5.01 Å². The van der Waals surface area contributed by atoms with Gasteiger partial charge >= 0.3 is 0 Å². The normalized spacial score (nSPS) is 12.0. The Morgan fingerprint density at radius 2 is 2.15 bits per heavy atom. The third kappa shape index (κ3) is 3.87. The SMILES string of the molecule is CC(C)(C)Cc1nc(CCN)cs1. The maximum Gasteiger partial charge on any atom is 0.0933 e. The first-order valence-corrected chi connectivity index (χ1v) is 5.52. The second-order valence-electron chi connectivity index (χ2n) is 4.51. The number of hydrogen-bond acceptors (Lipinski definition) is 3. The molecule has 0 fully saturated rings. The summed E-state index contributed by atoms with van der Waals surface area (Å²) >= 11 is 1.75. The Morgan fingerprint density at radius 1 is 1.46 bits per heavy atom. The molecule has 2 N–H and O–H groups in total. The lowest BCUT2D eigenvalue weighted by Crippen LogP contribution is -2.09. The van der Waals surface area contributed by atoms with E-state index in [-0.39, 0.29) is 0 Å². The first-order chi connectivity index (χ1) is 6.01. The lowest BCUT2D eigenvalue weighted by Gasteiger charge is -2.15. The molecule has 0 unspecified atom stereocenters. The standard InChI is InChI=1S/C10H18N2S/c1-10(2,3)6-9-12-8(4-5-11)7-13-9/h7H,4-6,11H2,1-3H3. The van der Waals surface area contributed by atoms with E-state index < -0.39 is 0 Å².